The summed E-state index contributed by atoms with van der Waals surface area (Å²) in [4.78, 5) is 11.6. The highest BCUT2D eigenvalue weighted by Crippen LogP contribution is 2.17. The summed E-state index contributed by atoms with van der Waals surface area (Å²) >= 11 is 0. The predicted molar refractivity (Wildman–Crippen MR) is 66.9 cm³/mol. The minimum Gasteiger partial charge on any atom is -0.378 e. The average molecular weight is 240 g/mol. The highest BCUT2D eigenvalue weighted by Gasteiger charge is 2.17. The van der Waals surface area contributed by atoms with Gasteiger partial charge in [-0.2, -0.15) is 0 Å². The first-order chi connectivity index (χ1) is 8.34. The molecule has 0 aromatic rings. The van der Waals surface area contributed by atoms with Crippen molar-refractivity contribution in [3.63, 3.8) is 0 Å². The van der Waals surface area contributed by atoms with E-state index in [1.807, 2.05) is 0 Å². The summed E-state index contributed by atoms with van der Waals surface area (Å²) in [5, 5.41) is 6.27. The van der Waals surface area contributed by atoms with E-state index in [1.165, 1.54) is 25.7 Å². The molecule has 1 saturated carbocycles. The van der Waals surface area contributed by atoms with Crippen LogP contribution in [0.5, 0.6) is 0 Å². The van der Waals surface area contributed by atoms with Crippen LogP contribution < -0.4 is 10.6 Å². The molecule has 2 fully saturated rings. The highest BCUT2D eigenvalue weighted by atomic mass is 16.5. The van der Waals surface area contributed by atoms with Crippen LogP contribution in [0.2, 0.25) is 0 Å². The van der Waals surface area contributed by atoms with E-state index in [9.17, 15) is 4.79 Å². The quantitative estimate of drug-likeness (QED) is 0.686. The first-order valence-electron chi connectivity index (χ1n) is 6.96. The molecule has 1 saturated heterocycles. The summed E-state index contributed by atoms with van der Waals surface area (Å²) in [6, 6.07) is 0.433. The van der Waals surface area contributed by atoms with Crippen LogP contribution in [0.4, 0.5) is 0 Å². The molecular formula is C13H24N2O2. The van der Waals surface area contributed by atoms with E-state index in [2.05, 4.69) is 10.6 Å². The van der Waals surface area contributed by atoms with E-state index in [1.54, 1.807) is 0 Å². The number of amides is 1. The van der Waals surface area contributed by atoms with Gasteiger partial charge in [-0.25, -0.2) is 0 Å². The van der Waals surface area contributed by atoms with Gasteiger partial charge >= 0.3 is 0 Å². The van der Waals surface area contributed by atoms with Gasteiger partial charge in [0.2, 0.25) is 5.91 Å². The smallest absolute Gasteiger partial charge is 0.234 e. The standard InChI is InChI=1S/C13H24N2O2/c16-13(15-11-4-1-2-5-11)10-14-8-7-12-6-3-9-17-12/h11-12,14H,1-10H2,(H,15,16). The third-order valence-electron chi connectivity index (χ3n) is 3.67. The zero-order valence-electron chi connectivity index (χ0n) is 10.5. The number of hydrogen-bond acceptors (Lipinski definition) is 3. The Bertz CT molecular complexity index is 234. The Morgan fingerprint density at radius 1 is 1.18 bits per heavy atom. The largest absolute Gasteiger partial charge is 0.378 e. The Balaban J connectivity index is 1.47. The van der Waals surface area contributed by atoms with Gasteiger partial charge in [-0.15, -0.1) is 0 Å². The van der Waals surface area contributed by atoms with E-state index in [0.717, 1.165) is 32.4 Å². The Morgan fingerprint density at radius 2 is 2.00 bits per heavy atom. The van der Waals surface area contributed by atoms with Gasteiger partial charge in [0, 0.05) is 12.6 Å². The molecule has 0 bridgehead atoms. The number of hydrogen-bond donors (Lipinski definition) is 2. The maximum atomic E-state index is 11.6. The zero-order chi connectivity index (χ0) is 11.9. The first kappa shape index (κ1) is 12.8. The zero-order valence-corrected chi connectivity index (χ0v) is 10.5. The molecular weight excluding hydrogens is 216 g/mol. The lowest BCUT2D eigenvalue weighted by molar-refractivity contribution is -0.120. The van der Waals surface area contributed by atoms with E-state index < -0.39 is 0 Å². The molecule has 0 radical (unpaired) electrons. The van der Waals surface area contributed by atoms with Crippen molar-refractivity contribution in [2.45, 2.75) is 57.1 Å². The highest BCUT2D eigenvalue weighted by molar-refractivity contribution is 5.78. The maximum absolute atomic E-state index is 11.6. The van der Waals surface area contributed by atoms with E-state index in [-0.39, 0.29) is 5.91 Å². The fraction of sp³-hybridized carbons (Fsp3) is 0.923. The lowest BCUT2D eigenvalue weighted by Gasteiger charge is -2.13. The van der Waals surface area contributed by atoms with Crippen LogP contribution >= 0.6 is 0 Å². The van der Waals surface area contributed by atoms with Crippen molar-refractivity contribution in [3.05, 3.63) is 0 Å². The van der Waals surface area contributed by atoms with Crippen molar-refractivity contribution in [3.8, 4) is 0 Å². The number of ether oxygens (including phenoxy) is 1. The summed E-state index contributed by atoms with van der Waals surface area (Å²) in [6.45, 7) is 2.23. The van der Waals surface area contributed by atoms with Gasteiger partial charge in [0.05, 0.1) is 12.6 Å². The van der Waals surface area contributed by atoms with Crippen LogP contribution in [0.25, 0.3) is 0 Å². The molecule has 1 heterocycles. The van der Waals surface area contributed by atoms with Crippen molar-refractivity contribution < 1.29 is 9.53 Å². The topological polar surface area (TPSA) is 50.4 Å². The molecule has 2 rings (SSSR count). The molecule has 2 N–H and O–H groups in total. The summed E-state index contributed by atoms with van der Waals surface area (Å²) in [5.41, 5.74) is 0. The first-order valence-corrected chi connectivity index (χ1v) is 6.96. The molecule has 4 heteroatoms. The predicted octanol–water partition coefficient (Wildman–Crippen LogP) is 1.20. The van der Waals surface area contributed by atoms with Crippen LogP contribution in [0.15, 0.2) is 0 Å². The second-order valence-electron chi connectivity index (χ2n) is 5.15. The van der Waals surface area contributed by atoms with Gasteiger partial charge in [0.15, 0.2) is 0 Å². The lowest BCUT2D eigenvalue weighted by atomic mass is 10.2. The summed E-state index contributed by atoms with van der Waals surface area (Å²) in [7, 11) is 0. The molecule has 1 atom stereocenters. The normalized spacial score (nSPS) is 25.3. The molecule has 17 heavy (non-hydrogen) atoms. The molecule has 1 aliphatic carbocycles. The van der Waals surface area contributed by atoms with Gasteiger partial charge in [0.1, 0.15) is 0 Å². The van der Waals surface area contributed by atoms with E-state index in [0.29, 0.717) is 18.7 Å². The molecule has 0 spiro atoms. The second-order valence-corrected chi connectivity index (χ2v) is 5.15. The maximum Gasteiger partial charge on any atom is 0.234 e. The third-order valence-corrected chi connectivity index (χ3v) is 3.67. The molecule has 1 amide bonds. The van der Waals surface area contributed by atoms with Gasteiger partial charge in [-0.1, -0.05) is 12.8 Å². The van der Waals surface area contributed by atoms with Crippen LogP contribution in [0.1, 0.15) is 44.9 Å². The minimum absolute atomic E-state index is 0.143. The lowest BCUT2D eigenvalue weighted by Crippen LogP contribution is -2.39. The van der Waals surface area contributed by atoms with E-state index in [4.69, 9.17) is 4.74 Å². The van der Waals surface area contributed by atoms with Crippen molar-refractivity contribution in [2.75, 3.05) is 19.7 Å². The summed E-state index contributed by atoms with van der Waals surface area (Å²) in [5.74, 6) is 0.143. The molecule has 4 nitrogen and oxygen atoms in total. The molecule has 2 aliphatic rings. The van der Waals surface area contributed by atoms with Crippen molar-refractivity contribution in [1.82, 2.24) is 10.6 Å². The number of carbonyl (C=O) groups is 1. The molecule has 98 valence electrons. The third kappa shape index (κ3) is 4.64. The molecule has 0 aromatic heterocycles. The molecule has 1 aliphatic heterocycles. The van der Waals surface area contributed by atoms with Crippen molar-refractivity contribution >= 4 is 5.91 Å². The molecule has 0 aromatic carbocycles. The number of nitrogens with one attached hydrogen (secondary N) is 2. The number of carbonyl (C=O) groups excluding carboxylic acids is 1. The van der Waals surface area contributed by atoms with Gasteiger partial charge in [0.25, 0.3) is 0 Å². The van der Waals surface area contributed by atoms with Crippen LogP contribution in [0.3, 0.4) is 0 Å². The monoisotopic (exact) mass is 240 g/mol. The Labute approximate surface area is 103 Å². The van der Waals surface area contributed by atoms with Gasteiger partial charge < -0.3 is 15.4 Å². The van der Waals surface area contributed by atoms with Crippen molar-refractivity contribution in [1.29, 1.82) is 0 Å². The van der Waals surface area contributed by atoms with Gasteiger partial charge in [-0.05, 0) is 38.6 Å². The number of rotatable bonds is 6. The van der Waals surface area contributed by atoms with Crippen molar-refractivity contribution in [2.24, 2.45) is 0 Å². The fourth-order valence-corrected chi connectivity index (χ4v) is 2.69. The summed E-state index contributed by atoms with van der Waals surface area (Å²) < 4.78 is 5.53. The van der Waals surface area contributed by atoms with Gasteiger partial charge in [-0.3, -0.25) is 4.79 Å². The van der Waals surface area contributed by atoms with Crippen LogP contribution in [-0.4, -0.2) is 37.7 Å². The minimum atomic E-state index is 0.143. The Morgan fingerprint density at radius 3 is 2.71 bits per heavy atom. The average Bonchev–Trinajstić information content (AvgIpc) is 2.96. The van der Waals surface area contributed by atoms with Crippen LogP contribution in [0, 0.1) is 0 Å². The molecule has 1 unspecified atom stereocenters. The van der Waals surface area contributed by atoms with E-state index >= 15 is 0 Å². The fourth-order valence-electron chi connectivity index (χ4n) is 2.69. The SMILES string of the molecule is O=C(CNCCC1CCCO1)NC1CCCC1. The Kier molecular flexibility index (Phi) is 5.26. The van der Waals surface area contributed by atoms with Crippen LogP contribution in [-0.2, 0) is 9.53 Å². The summed E-state index contributed by atoms with van der Waals surface area (Å²) in [6.07, 6.45) is 8.64. The Hall–Kier alpha value is -0.610. The second kappa shape index (κ2) is 6.97.